The molecule has 3 aromatic rings. The van der Waals surface area contributed by atoms with Gasteiger partial charge in [-0.2, -0.15) is 5.26 Å². The van der Waals surface area contributed by atoms with Gasteiger partial charge in [0.1, 0.15) is 41.9 Å². The minimum absolute atomic E-state index is 0.250. The Morgan fingerprint density at radius 3 is 2.80 bits per heavy atom. The smallest absolute Gasteiger partial charge is 0.232 e. The largest absolute Gasteiger partial charge is 0.508 e. The third kappa shape index (κ3) is 3.89. The lowest BCUT2D eigenvalue weighted by atomic mass is 9.87. The molecule has 6 aliphatic heterocycles. The van der Waals surface area contributed by atoms with E-state index in [1.165, 1.54) is 36.8 Å². The molecule has 0 radical (unpaired) electrons. The fourth-order valence-electron chi connectivity index (χ4n) is 11.2. The van der Waals surface area contributed by atoms with Crippen LogP contribution in [0.1, 0.15) is 78.9 Å². The van der Waals surface area contributed by atoms with E-state index in [9.17, 15) is 14.8 Å². The van der Waals surface area contributed by atoms with Crippen molar-refractivity contribution in [2.45, 2.75) is 94.7 Å². The second-order valence-corrected chi connectivity index (χ2v) is 15.2. The molecule has 5 atom stereocenters. The zero-order valence-corrected chi connectivity index (χ0v) is 26.4. The van der Waals surface area contributed by atoms with Crippen LogP contribution >= 0.6 is 0 Å². The number of rotatable bonds is 5. The summed E-state index contributed by atoms with van der Waals surface area (Å²) in [7, 11) is 2.47. The van der Waals surface area contributed by atoms with Crippen molar-refractivity contribution in [1.29, 1.82) is 5.26 Å². The quantitative estimate of drug-likeness (QED) is 0.354. The number of hydrogen-bond acceptors (Lipinski definition) is 6. The number of ether oxygens (including phenoxy) is 1. The summed E-state index contributed by atoms with van der Waals surface area (Å²) in [6.45, 7) is 5.24. The normalized spacial score (nSPS) is 34.8. The second kappa shape index (κ2) is 9.80. The number of piperidine rings is 1. The topological polar surface area (TPSA) is 72.6 Å². The molecule has 7 heterocycles. The van der Waals surface area contributed by atoms with Crippen LogP contribution in [0.4, 0.5) is 10.1 Å². The SMILES string of the molecule is Cc1cccc2cc(O)cc(N3CCc4c(C5C6CC7CCC(C6)[N+]75C)nc(OCC56CCCN5C[C@@H](F)C6)c(C#N)c4C3)c12. The van der Waals surface area contributed by atoms with Crippen LogP contribution in [-0.2, 0) is 13.0 Å². The maximum absolute atomic E-state index is 14.7. The summed E-state index contributed by atoms with van der Waals surface area (Å²) < 4.78 is 22.4. The molecule has 5 fully saturated rings. The number of nitriles is 1. The zero-order valence-electron chi connectivity index (χ0n) is 26.4. The van der Waals surface area contributed by atoms with Crippen molar-refractivity contribution in [2.75, 3.05) is 38.2 Å². The molecule has 0 amide bonds. The monoisotopic (exact) mass is 608 g/mol. The minimum Gasteiger partial charge on any atom is -0.508 e. The highest BCUT2D eigenvalue weighted by Crippen LogP contribution is 2.62. The van der Waals surface area contributed by atoms with E-state index in [1.54, 1.807) is 0 Å². The summed E-state index contributed by atoms with van der Waals surface area (Å²) in [5.74, 6) is 1.31. The van der Waals surface area contributed by atoms with E-state index in [1.807, 2.05) is 18.2 Å². The van der Waals surface area contributed by atoms with Crippen LogP contribution in [0.15, 0.2) is 30.3 Å². The molecule has 2 bridgehead atoms. The summed E-state index contributed by atoms with van der Waals surface area (Å²) in [5, 5.41) is 23.6. The summed E-state index contributed by atoms with van der Waals surface area (Å²) in [5.41, 5.74) is 5.81. The molecule has 0 saturated carbocycles. The molecule has 4 unspecified atom stereocenters. The van der Waals surface area contributed by atoms with Crippen LogP contribution in [0.25, 0.3) is 10.8 Å². The number of phenols is 1. The van der Waals surface area contributed by atoms with Crippen molar-refractivity contribution < 1.29 is 18.7 Å². The summed E-state index contributed by atoms with van der Waals surface area (Å²) in [6, 6.07) is 14.2. The molecule has 2 aromatic carbocycles. The van der Waals surface area contributed by atoms with Gasteiger partial charge in [-0.25, -0.2) is 9.37 Å². The predicted octanol–water partition coefficient (Wildman–Crippen LogP) is 6.08. The standard InChI is InChI=1S/C37H42FN5O2/c1-22-5-3-6-23-15-28(44)16-32(33(22)23)41-12-9-29-31(20-41)30(18-39)36(45-21-37-10-4-11-42(37)19-25(38)17-37)40-34(29)35-24-13-26-7-8-27(14-24)43(26,35)2/h3,5-6,15-16,24-27,35H,4,7-14,17,19-21H2,1-2H3/p+1/t24?,25-,26?,27?,35?,37?,43?/m0/s1. The lowest BCUT2D eigenvalue weighted by molar-refractivity contribution is -0.950. The third-order valence-corrected chi connectivity index (χ3v) is 13.1. The molecule has 45 heavy (non-hydrogen) atoms. The van der Waals surface area contributed by atoms with E-state index in [0.29, 0.717) is 61.6 Å². The molecule has 0 spiro atoms. The Bertz CT molecular complexity index is 1760. The Morgan fingerprint density at radius 1 is 1.18 bits per heavy atom. The van der Waals surface area contributed by atoms with Crippen LogP contribution in [-0.4, -0.2) is 76.6 Å². The number of aryl methyl sites for hydroxylation is 1. The van der Waals surface area contributed by atoms with E-state index in [-0.39, 0.29) is 11.3 Å². The van der Waals surface area contributed by atoms with Gasteiger partial charge in [-0.05, 0) is 60.9 Å². The van der Waals surface area contributed by atoms with Crippen molar-refractivity contribution in [1.82, 2.24) is 9.88 Å². The number of hydrogen-bond donors (Lipinski definition) is 1. The molecule has 234 valence electrons. The van der Waals surface area contributed by atoms with Gasteiger partial charge < -0.3 is 19.2 Å². The van der Waals surface area contributed by atoms with Crippen molar-refractivity contribution >= 4 is 16.5 Å². The highest BCUT2D eigenvalue weighted by molar-refractivity contribution is 5.98. The minimum atomic E-state index is -0.827. The van der Waals surface area contributed by atoms with Gasteiger partial charge >= 0.3 is 0 Å². The number of aromatic nitrogens is 1. The first-order valence-electron chi connectivity index (χ1n) is 17.1. The number of quaternary nitrogens is 1. The van der Waals surface area contributed by atoms with Gasteiger partial charge in [0.2, 0.25) is 5.88 Å². The zero-order chi connectivity index (χ0) is 30.7. The molecule has 0 aliphatic carbocycles. The van der Waals surface area contributed by atoms with E-state index >= 15 is 0 Å². The van der Waals surface area contributed by atoms with Gasteiger partial charge in [0, 0.05) is 74.8 Å². The Labute approximate surface area is 264 Å². The number of aromatic hydroxyl groups is 1. The Kier molecular flexibility index (Phi) is 6.07. The summed E-state index contributed by atoms with van der Waals surface area (Å²) >= 11 is 0. The number of fused-ring (bicyclic) bond motifs is 4. The van der Waals surface area contributed by atoms with Crippen LogP contribution in [0.5, 0.6) is 11.6 Å². The van der Waals surface area contributed by atoms with Crippen LogP contribution in [0, 0.1) is 24.2 Å². The second-order valence-electron chi connectivity index (χ2n) is 15.2. The summed E-state index contributed by atoms with van der Waals surface area (Å²) in [6.07, 6.45) is 7.58. The molecule has 1 N–H and O–H groups in total. The number of pyridine rings is 1. The van der Waals surface area contributed by atoms with Gasteiger partial charge in [0.25, 0.3) is 0 Å². The average Bonchev–Trinajstić information content (AvgIpc) is 3.72. The van der Waals surface area contributed by atoms with Crippen molar-refractivity contribution in [3.63, 3.8) is 0 Å². The van der Waals surface area contributed by atoms with E-state index in [0.717, 1.165) is 64.6 Å². The Balaban J connectivity index is 1.16. The number of phenolic OH excluding ortho intramolecular Hbond substituents is 1. The molecular weight excluding hydrogens is 565 g/mol. The molecule has 5 saturated heterocycles. The lowest BCUT2D eigenvalue weighted by Crippen LogP contribution is -2.49. The fourth-order valence-corrected chi connectivity index (χ4v) is 11.2. The van der Waals surface area contributed by atoms with E-state index in [2.05, 4.69) is 42.0 Å². The fraction of sp³-hybridized carbons (Fsp3) is 0.568. The van der Waals surface area contributed by atoms with Gasteiger partial charge in [0.05, 0.1) is 24.7 Å². The first-order valence-corrected chi connectivity index (χ1v) is 17.1. The number of alkyl halides is 1. The molecule has 1 aromatic heterocycles. The molecule has 6 aliphatic rings. The summed E-state index contributed by atoms with van der Waals surface area (Å²) in [4.78, 5) is 9.96. The maximum Gasteiger partial charge on any atom is 0.232 e. The highest BCUT2D eigenvalue weighted by Gasteiger charge is 2.67. The maximum atomic E-state index is 14.7. The lowest BCUT2D eigenvalue weighted by Gasteiger charge is -2.40. The van der Waals surface area contributed by atoms with Gasteiger partial charge in [-0.1, -0.05) is 18.2 Å². The van der Waals surface area contributed by atoms with Crippen LogP contribution in [0.2, 0.25) is 0 Å². The van der Waals surface area contributed by atoms with Crippen molar-refractivity contribution in [3.8, 4) is 17.7 Å². The van der Waals surface area contributed by atoms with E-state index in [4.69, 9.17) is 9.72 Å². The number of halogens is 1. The Hall–Kier alpha value is -3.41. The number of benzene rings is 2. The number of anilines is 1. The van der Waals surface area contributed by atoms with E-state index < -0.39 is 6.17 Å². The average molecular weight is 609 g/mol. The first-order chi connectivity index (χ1) is 21.8. The molecule has 8 heteroatoms. The predicted molar refractivity (Wildman–Crippen MR) is 171 cm³/mol. The number of nitrogens with zero attached hydrogens (tertiary/aromatic N) is 5. The molecular formula is C37H43FN5O2+. The van der Waals surface area contributed by atoms with Crippen molar-refractivity contribution in [2.24, 2.45) is 5.92 Å². The highest BCUT2D eigenvalue weighted by atomic mass is 19.1. The first kappa shape index (κ1) is 27.9. The van der Waals surface area contributed by atoms with Gasteiger partial charge in [-0.15, -0.1) is 0 Å². The van der Waals surface area contributed by atoms with Crippen molar-refractivity contribution in [3.05, 3.63) is 58.3 Å². The van der Waals surface area contributed by atoms with Crippen LogP contribution in [0.3, 0.4) is 0 Å². The molecule has 7 nitrogen and oxygen atoms in total. The Morgan fingerprint density at radius 2 is 2.00 bits per heavy atom. The van der Waals surface area contributed by atoms with Gasteiger partial charge in [0.15, 0.2) is 0 Å². The third-order valence-electron chi connectivity index (χ3n) is 13.1. The van der Waals surface area contributed by atoms with Gasteiger partial charge in [-0.3, -0.25) is 4.90 Å². The molecule has 9 rings (SSSR count). The van der Waals surface area contributed by atoms with Crippen LogP contribution < -0.4 is 9.64 Å².